The first kappa shape index (κ1) is 20.2. The zero-order valence-electron chi connectivity index (χ0n) is 16.0. The van der Waals surface area contributed by atoms with Crippen molar-refractivity contribution in [3.8, 4) is 5.75 Å². The summed E-state index contributed by atoms with van der Waals surface area (Å²) in [6.07, 6.45) is 7.54. The predicted molar refractivity (Wildman–Crippen MR) is 108 cm³/mol. The van der Waals surface area contributed by atoms with Crippen molar-refractivity contribution in [2.24, 2.45) is 17.1 Å². The van der Waals surface area contributed by atoms with E-state index in [9.17, 15) is 9.18 Å². The molecule has 4 nitrogen and oxygen atoms in total. The van der Waals surface area contributed by atoms with Crippen LogP contribution in [-0.2, 0) is 0 Å². The van der Waals surface area contributed by atoms with Crippen molar-refractivity contribution in [3.05, 3.63) is 39.5 Å². The van der Waals surface area contributed by atoms with Crippen LogP contribution < -0.4 is 16.0 Å². The fourth-order valence-electron chi connectivity index (χ4n) is 4.38. The predicted octanol–water partition coefficient (Wildman–Crippen LogP) is 5.02. The normalized spacial score (nSPS) is 24.1. The number of rotatable bonds is 6. The molecule has 0 aliphatic heterocycles. The second-order valence-corrected chi connectivity index (χ2v) is 8.19. The van der Waals surface area contributed by atoms with Gasteiger partial charge < -0.3 is 15.5 Å². The molecule has 1 atom stereocenters. The molecule has 1 aromatic carbocycles. The first-order valence-corrected chi connectivity index (χ1v) is 10.2. The van der Waals surface area contributed by atoms with E-state index in [2.05, 4.69) is 18.8 Å². The van der Waals surface area contributed by atoms with Gasteiger partial charge in [-0.05, 0) is 62.0 Å². The highest BCUT2D eigenvalue weighted by Gasteiger charge is 2.38. The largest absolute Gasteiger partial charge is 0.492 e. The first-order valence-electron chi connectivity index (χ1n) is 9.79. The number of halogens is 2. The number of aromatic amines is 1. The fourth-order valence-corrected chi connectivity index (χ4v) is 4.60. The minimum atomic E-state index is -0.495. The number of aromatic nitrogens is 1. The van der Waals surface area contributed by atoms with Gasteiger partial charge in [-0.25, -0.2) is 4.39 Å². The number of hydrogen-bond acceptors (Lipinski definition) is 3. The van der Waals surface area contributed by atoms with E-state index < -0.39 is 5.82 Å². The summed E-state index contributed by atoms with van der Waals surface area (Å²) < 4.78 is 20.0. The molecule has 0 saturated heterocycles. The molecule has 3 N–H and O–H groups in total. The Morgan fingerprint density at radius 3 is 2.67 bits per heavy atom. The highest BCUT2D eigenvalue weighted by Crippen LogP contribution is 2.44. The Bertz CT molecular complexity index is 859. The molecule has 3 rings (SSSR count). The Morgan fingerprint density at radius 2 is 2.04 bits per heavy atom. The third kappa shape index (κ3) is 3.99. The molecule has 1 heterocycles. The standard InChI is InChI=1S/C21H28ClFN2O2/c1-3-19(24)21(4-2)7-5-13(6-8-21)12-27-18-10-14-15(9-16(18)22)20(26)25-11-17(14)23/h9-11,13,19H,3-8,12,24H2,1-2H3,(H,25,26). The molecule has 0 bridgehead atoms. The maximum atomic E-state index is 14.0. The zero-order valence-corrected chi connectivity index (χ0v) is 16.7. The van der Waals surface area contributed by atoms with Crippen LogP contribution >= 0.6 is 11.6 Å². The number of hydrogen-bond donors (Lipinski definition) is 2. The molecule has 0 amide bonds. The van der Waals surface area contributed by atoms with Crippen molar-refractivity contribution in [2.75, 3.05) is 6.61 Å². The van der Waals surface area contributed by atoms with Crippen molar-refractivity contribution >= 4 is 22.4 Å². The molecule has 148 valence electrons. The topological polar surface area (TPSA) is 68.1 Å². The van der Waals surface area contributed by atoms with E-state index >= 15 is 0 Å². The summed E-state index contributed by atoms with van der Waals surface area (Å²) in [4.78, 5) is 14.2. The quantitative estimate of drug-likeness (QED) is 0.722. The third-order valence-electron chi connectivity index (χ3n) is 6.41. The number of fused-ring (bicyclic) bond motifs is 1. The molecule has 1 aromatic heterocycles. The van der Waals surface area contributed by atoms with Crippen LogP contribution in [0.3, 0.4) is 0 Å². The van der Waals surface area contributed by atoms with Gasteiger partial charge in [0, 0.05) is 17.6 Å². The molecule has 6 heteroatoms. The van der Waals surface area contributed by atoms with Crippen LogP contribution in [-0.4, -0.2) is 17.6 Å². The van der Waals surface area contributed by atoms with Gasteiger partial charge in [0.2, 0.25) is 0 Å². The minimum Gasteiger partial charge on any atom is -0.492 e. The van der Waals surface area contributed by atoms with Crippen molar-refractivity contribution in [2.45, 2.75) is 58.4 Å². The SMILES string of the molecule is CCC(N)C1(CC)CCC(COc2cc3c(F)c[nH]c(=O)c3cc2Cl)CC1. The van der Waals surface area contributed by atoms with Crippen LogP contribution in [0.4, 0.5) is 4.39 Å². The van der Waals surface area contributed by atoms with E-state index in [4.69, 9.17) is 22.1 Å². The summed E-state index contributed by atoms with van der Waals surface area (Å²) in [6, 6.07) is 3.24. The van der Waals surface area contributed by atoms with Gasteiger partial charge >= 0.3 is 0 Å². The second kappa shape index (κ2) is 8.19. The summed E-state index contributed by atoms with van der Waals surface area (Å²) in [5.41, 5.74) is 6.27. The van der Waals surface area contributed by atoms with E-state index in [-0.39, 0.29) is 27.8 Å². The number of pyridine rings is 1. The Morgan fingerprint density at radius 1 is 1.33 bits per heavy atom. The molecule has 1 aliphatic rings. The average molecular weight is 395 g/mol. The van der Waals surface area contributed by atoms with Crippen LogP contribution in [0.25, 0.3) is 10.8 Å². The Balaban J connectivity index is 1.69. The van der Waals surface area contributed by atoms with Crippen molar-refractivity contribution < 1.29 is 9.13 Å². The smallest absolute Gasteiger partial charge is 0.256 e. The van der Waals surface area contributed by atoms with E-state index in [0.717, 1.165) is 44.7 Å². The molecule has 1 saturated carbocycles. The highest BCUT2D eigenvalue weighted by atomic mass is 35.5. The maximum absolute atomic E-state index is 14.0. The lowest BCUT2D eigenvalue weighted by molar-refractivity contribution is 0.0849. The van der Waals surface area contributed by atoms with E-state index in [1.165, 1.54) is 12.1 Å². The number of ether oxygens (including phenoxy) is 1. The lowest BCUT2D eigenvalue weighted by Crippen LogP contribution is -2.44. The lowest BCUT2D eigenvalue weighted by atomic mass is 9.64. The average Bonchev–Trinajstić information content (AvgIpc) is 2.69. The fraction of sp³-hybridized carbons (Fsp3) is 0.571. The summed E-state index contributed by atoms with van der Waals surface area (Å²) in [7, 11) is 0. The van der Waals surface area contributed by atoms with Crippen molar-refractivity contribution in [3.63, 3.8) is 0 Å². The minimum absolute atomic E-state index is 0.223. The molecule has 1 unspecified atom stereocenters. The number of H-pyrrole nitrogens is 1. The van der Waals surface area contributed by atoms with Crippen LogP contribution in [0.5, 0.6) is 5.75 Å². The van der Waals surface area contributed by atoms with Gasteiger partial charge in [0.25, 0.3) is 5.56 Å². The first-order chi connectivity index (χ1) is 12.9. The summed E-state index contributed by atoms with van der Waals surface area (Å²) >= 11 is 6.26. The number of benzene rings is 1. The molecule has 1 aliphatic carbocycles. The van der Waals surface area contributed by atoms with Crippen LogP contribution in [0.15, 0.2) is 23.1 Å². The Labute approximate surface area is 164 Å². The van der Waals surface area contributed by atoms with Crippen LogP contribution in [0.1, 0.15) is 52.4 Å². The van der Waals surface area contributed by atoms with Gasteiger partial charge in [0.1, 0.15) is 11.6 Å². The molecule has 1 fully saturated rings. The maximum Gasteiger partial charge on any atom is 0.256 e. The van der Waals surface area contributed by atoms with E-state index in [1.807, 2.05) is 0 Å². The van der Waals surface area contributed by atoms with Gasteiger partial charge in [-0.15, -0.1) is 0 Å². The summed E-state index contributed by atoms with van der Waals surface area (Å²) in [6.45, 7) is 4.93. The molecule has 0 spiro atoms. The number of nitrogens with one attached hydrogen (secondary N) is 1. The Kier molecular flexibility index (Phi) is 6.11. The summed E-state index contributed by atoms with van der Waals surface area (Å²) in [5.74, 6) is 0.362. The molecule has 27 heavy (non-hydrogen) atoms. The van der Waals surface area contributed by atoms with Crippen molar-refractivity contribution in [1.82, 2.24) is 4.98 Å². The Hall–Kier alpha value is -1.59. The number of nitrogens with two attached hydrogens (primary N) is 1. The van der Waals surface area contributed by atoms with E-state index in [0.29, 0.717) is 23.3 Å². The lowest BCUT2D eigenvalue weighted by Gasteiger charge is -2.43. The zero-order chi connectivity index (χ0) is 19.6. The third-order valence-corrected chi connectivity index (χ3v) is 6.71. The van der Waals surface area contributed by atoms with Gasteiger partial charge in [0.15, 0.2) is 0 Å². The summed E-state index contributed by atoms with van der Waals surface area (Å²) in [5, 5.41) is 0.775. The molecular formula is C21H28ClFN2O2. The molecule has 0 radical (unpaired) electrons. The van der Waals surface area contributed by atoms with Crippen LogP contribution in [0.2, 0.25) is 5.02 Å². The van der Waals surface area contributed by atoms with Gasteiger partial charge in [-0.2, -0.15) is 0 Å². The second-order valence-electron chi connectivity index (χ2n) is 7.78. The van der Waals surface area contributed by atoms with Gasteiger partial charge in [-0.1, -0.05) is 25.4 Å². The van der Waals surface area contributed by atoms with Gasteiger partial charge in [-0.3, -0.25) is 4.79 Å². The van der Waals surface area contributed by atoms with Crippen molar-refractivity contribution in [1.29, 1.82) is 0 Å². The van der Waals surface area contributed by atoms with Crippen LogP contribution in [0, 0.1) is 17.2 Å². The molecule has 2 aromatic rings. The van der Waals surface area contributed by atoms with Gasteiger partial charge in [0.05, 0.1) is 17.0 Å². The monoisotopic (exact) mass is 394 g/mol. The highest BCUT2D eigenvalue weighted by molar-refractivity contribution is 6.32. The van der Waals surface area contributed by atoms with E-state index in [1.54, 1.807) is 0 Å². The molecular weight excluding hydrogens is 367 g/mol.